The molecule has 0 aliphatic heterocycles. The Bertz CT molecular complexity index is 1270. The average Bonchev–Trinajstić information content (AvgIpc) is 3.24. The molecule has 11 nitrogen and oxygen atoms in total. The van der Waals surface area contributed by atoms with Gasteiger partial charge in [-0.1, -0.05) is 48.5 Å². The van der Waals surface area contributed by atoms with Crippen molar-refractivity contribution in [2.24, 2.45) is 0 Å². The van der Waals surface area contributed by atoms with Crippen molar-refractivity contribution in [1.29, 1.82) is 0 Å². The molecule has 0 spiro atoms. The third-order valence-corrected chi connectivity index (χ3v) is 6.81. The molecule has 1 atom stereocenters. The summed E-state index contributed by atoms with van der Waals surface area (Å²) >= 11 is 0. The number of carbonyl (C=O) groups excluding carboxylic acids is 3. The van der Waals surface area contributed by atoms with Crippen LogP contribution >= 0.6 is 0 Å². The molecule has 1 aliphatic carbocycles. The van der Waals surface area contributed by atoms with Gasteiger partial charge in [-0.2, -0.15) is 0 Å². The van der Waals surface area contributed by atoms with Crippen LogP contribution in [0.4, 0.5) is 14.4 Å². The largest absolute Gasteiger partial charge is 0.480 e. The Kier molecular flexibility index (Phi) is 11.6. The van der Waals surface area contributed by atoms with Crippen LogP contribution in [0, 0.1) is 0 Å². The summed E-state index contributed by atoms with van der Waals surface area (Å²) in [6.45, 7) is 11.2. The number of nitrogens with zero attached hydrogens (tertiary/aromatic N) is 1. The minimum Gasteiger partial charge on any atom is -0.480 e. The molecule has 240 valence electrons. The first kappa shape index (κ1) is 34.2. The molecule has 0 heterocycles. The van der Waals surface area contributed by atoms with E-state index < -0.39 is 41.5 Å². The number of unbranched alkanes of at least 4 members (excludes halogenated alkanes) is 1. The van der Waals surface area contributed by atoms with Crippen LogP contribution in [0.3, 0.4) is 0 Å². The predicted octanol–water partition coefficient (Wildman–Crippen LogP) is 5.91. The number of benzene rings is 2. The molecule has 3 rings (SSSR count). The quantitative estimate of drug-likeness (QED) is 0.199. The fraction of sp³-hybridized carbons (Fsp3) is 0.515. The van der Waals surface area contributed by atoms with E-state index in [1.54, 1.807) is 41.5 Å². The molecular weight excluding hydrogens is 566 g/mol. The number of carboxylic acid groups (broad SMARTS) is 1. The number of hydrogen-bond acceptors (Lipinski definition) is 7. The highest BCUT2D eigenvalue weighted by Crippen LogP contribution is 2.44. The van der Waals surface area contributed by atoms with Crippen LogP contribution in [0.2, 0.25) is 0 Å². The summed E-state index contributed by atoms with van der Waals surface area (Å²) in [5, 5.41) is 14.8. The molecule has 0 aromatic heterocycles. The Labute approximate surface area is 259 Å². The van der Waals surface area contributed by atoms with Crippen molar-refractivity contribution in [2.75, 3.05) is 26.2 Å². The van der Waals surface area contributed by atoms with Crippen molar-refractivity contribution in [3.63, 3.8) is 0 Å². The van der Waals surface area contributed by atoms with Gasteiger partial charge < -0.3 is 34.9 Å². The monoisotopic (exact) mass is 611 g/mol. The van der Waals surface area contributed by atoms with Crippen molar-refractivity contribution in [3.05, 3.63) is 59.7 Å². The molecule has 11 heteroatoms. The smallest absolute Gasteiger partial charge is 0.410 e. The van der Waals surface area contributed by atoms with Crippen LogP contribution in [-0.2, 0) is 19.0 Å². The van der Waals surface area contributed by atoms with Crippen molar-refractivity contribution >= 4 is 24.2 Å². The third-order valence-electron chi connectivity index (χ3n) is 6.81. The number of carboxylic acids is 1. The summed E-state index contributed by atoms with van der Waals surface area (Å²) in [5.74, 6) is -1.32. The van der Waals surface area contributed by atoms with E-state index in [1.807, 2.05) is 48.5 Å². The highest BCUT2D eigenvalue weighted by atomic mass is 16.6. The van der Waals surface area contributed by atoms with Gasteiger partial charge in [0.1, 0.15) is 23.9 Å². The van der Waals surface area contributed by atoms with E-state index in [-0.39, 0.29) is 38.6 Å². The Hall–Kier alpha value is -4.28. The molecule has 2 aromatic carbocycles. The molecule has 3 N–H and O–H groups in total. The number of ether oxygens (including phenoxy) is 3. The van der Waals surface area contributed by atoms with Gasteiger partial charge in [-0.3, -0.25) is 0 Å². The number of amides is 3. The summed E-state index contributed by atoms with van der Waals surface area (Å²) in [6.07, 6.45) is -0.956. The molecule has 3 amide bonds. The minimum absolute atomic E-state index is 0.0778. The van der Waals surface area contributed by atoms with Gasteiger partial charge in [0, 0.05) is 25.6 Å². The lowest BCUT2D eigenvalue weighted by Gasteiger charge is -2.28. The number of aliphatic carboxylic acids is 1. The summed E-state index contributed by atoms with van der Waals surface area (Å²) in [6, 6.07) is 14.8. The van der Waals surface area contributed by atoms with Crippen LogP contribution < -0.4 is 10.6 Å². The molecular formula is C33H45N3O8. The van der Waals surface area contributed by atoms with E-state index in [1.165, 1.54) is 4.90 Å². The molecule has 1 aliphatic rings. The van der Waals surface area contributed by atoms with Crippen molar-refractivity contribution in [1.82, 2.24) is 15.5 Å². The van der Waals surface area contributed by atoms with Crippen LogP contribution in [0.1, 0.15) is 77.8 Å². The first-order valence-electron chi connectivity index (χ1n) is 14.9. The second-order valence-corrected chi connectivity index (χ2v) is 12.8. The Morgan fingerprint density at radius 3 is 1.93 bits per heavy atom. The second kappa shape index (κ2) is 14.9. The summed E-state index contributed by atoms with van der Waals surface area (Å²) in [4.78, 5) is 50.8. The lowest BCUT2D eigenvalue weighted by atomic mass is 9.98. The molecule has 0 bridgehead atoms. The number of alkyl carbamates (subject to hydrolysis) is 2. The van der Waals surface area contributed by atoms with Crippen molar-refractivity contribution < 1.29 is 38.5 Å². The van der Waals surface area contributed by atoms with Gasteiger partial charge in [0.2, 0.25) is 0 Å². The Morgan fingerprint density at radius 2 is 1.39 bits per heavy atom. The number of fused-ring (bicyclic) bond motifs is 3. The first-order valence-corrected chi connectivity index (χ1v) is 14.9. The lowest BCUT2D eigenvalue weighted by molar-refractivity contribution is -0.139. The topological polar surface area (TPSA) is 144 Å². The molecule has 44 heavy (non-hydrogen) atoms. The molecule has 0 saturated carbocycles. The van der Waals surface area contributed by atoms with Gasteiger partial charge >= 0.3 is 24.2 Å². The van der Waals surface area contributed by atoms with E-state index in [4.69, 9.17) is 14.2 Å². The van der Waals surface area contributed by atoms with Gasteiger partial charge in [0.25, 0.3) is 0 Å². The average molecular weight is 612 g/mol. The van der Waals surface area contributed by atoms with E-state index in [9.17, 15) is 24.3 Å². The Balaban J connectivity index is 1.49. The summed E-state index contributed by atoms with van der Waals surface area (Å²) in [5.41, 5.74) is 2.96. The SMILES string of the molecule is CC(C)(C)OC(=O)NCCN(CCCC[C@H](NC(=O)OCC1c2ccccc2-c2ccccc21)C(=O)O)C(=O)OC(C)(C)C. The first-order chi connectivity index (χ1) is 20.6. The zero-order valence-electron chi connectivity index (χ0n) is 26.5. The van der Waals surface area contributed by atoms with E-state index in [2.05, 4.69) is 10.6 Å². The third kappa shape index (κ3) is 10.5. The van der Waals surface area contributed by atoms with E-state index >= 15 is 0 Å². The maximum absolute atomic E-state index is 12.8. The van der Waals surface area contributed by atoms with Gasteiger partial charge in [0.15, 0.2) is 0 Å². The number of rotatable bonds is 12. The highest BCUT2D eigenvalue weighted by Gasteiger charge is 2.30. The molecule has 2 aromatic rings. The van der Waals surface area contributed by atoms with Gasteiger partial charge in [-0.15, -0.1) is 0 Å². The minimum atomic E-state index is -1.18. The maximum atomic E-state index is 12.8. The van der Waals surface area contributed by atoms with Crippen LogP contribution in [-0.4, -0.2) is 77.7 Å². The lowest BCUT2D eigenvalue weighted by Crippen LogP contribution is -2.43. The maximum Gasteiger partial charge on any atom is 0.410 e. The zero-order valence-corrected chi connectivity index (χ0v) is 26.5. The van der Waals surface area contributed by atoms with Crippen molar-refractivity contribution in [3.8, 4) is 11.1 Å². The predicted molar refractivity (Wildman–Crippen MR) is 166 cm³/mol. The van der Waals surface area contributed by atoms with E-state index in [0.717, 1.165) is 22.3 Å². The number of nitrogens with one attached hydrogen (secondary N) is 2. The van der Waals surface area contributed by atoms with Crippen LogP contribution in [0.5, 0.6) is 0 Å². The van der Waals surface area contributed by atoms with Crippen LogP contribution in [0.25, 0.3) is 11.1 Å². The van der Waals surface area contributed by atoms with E-state index in [0.29, 0.717) is 12.8 Å². The molecule has 0 saturated heterocycles. The number of carbonyl (C=O) groups is 4. The zero-order chi connectivity index (χ0) is 32.5. The fourth-order valence-corrected chi connectivity index (χ4v) is 4.92. The summed E-state index contributed by atoms with van der Waals surface area (Å²) < 4.78 is 16.2. The molecule has 0 radical (unpaired) electrons. The van der Waals surface area contributed by atoms with Gasteiger partial charge in [0.05, 0.1) is 0 Å². The summed E-state index contributed by atoms with van der Waals surface area (Å²) in [7, 11) is 0. The second-order valence-electron chi connectivity index (χ2n) is 12.8. The Morgan fingerprint density at radius 1 is 0.818 bits per heavy atom. The number of hydrogen-bond donors (Lipinski definition) is 3. The standard InChI is InChI=1S/C33H45N3O8/c1-32(2,3)43-29(39)34-18-20-36(31(41)44-33(4,5)6)19-12-11-17-27(28(37)38)35-30(40)42-21-26-24-15-9-7-13-22(24)23-14-8-10-16-25(23)26/h7-10,13-16,26-27H,11-12,17-21H2,1-6H3,(H,34,39)(H,35,40)(H,37,38)/t27-/m0/s1. The fourth-order valence-electron chi connectivity index (χ4n) is 4.92. The normalized spacial score (nSPS) is 13.2. The van der Waals surface area contributed by atoms with Crippen molar-refractivity contribution in [2.45, 2.75) is 84.0 Å². The highest BCUT2D eigenvalue weighted by molar-refractivity contribution is 5.81. The molecule has 0 fully saturated rings. The van der Waals surface area contributed by atoms with Gasteiger partial charge in [-0.25, -0.2) is 19.2 Å². The van der Waals surface area contributed by atoms with Gasteiger partial charge in [-0.05, 0) is 83.1 Å². The van der Waals surface area contributed by atoms with Crippen LogP contribution in [0.15, 0.2) is 48.5 Å². The molecule has 0 unspecified atom stereocenters.